The van der Waals surface area contributed by atoms with Crippen molar-refractivity contribution in [1.29, 1.82) is 0 Å². The fourth-order valence-electron chi connectivity index (χ4n) is 2.03. The van der Waals surface area contributed by atoms with E-state index in [4.69, 9.17) is 0 Å². The maximum Gasteiger partial charge on any atom is 0.276 e. The average Bonchev–Trinajstić information content (AvgIpc) is 2.56. The number of amides is 2. The van der Waals surface area contributed by atoms with Gasteiger partial charge in [0.15, 0.2) is 0 Å². The first-order valence-electron chi connectivity index (χ1n) is 5.54. The molecule has 0 aromatic rings. The van der Waals surface area contributed by atoms with Crippen molar-refractivity contribution < 1.29 is 18.0 Å². The summed E-state index contributed by atoms with van der Waals surface area (Å²) in [6.45, 7) is 1.51. The molecular formula is C10H15N3O4S. The van der Waals surface area contributed by atoms with Crippen LogP contribution in [0.3, 0.4) is 0 Å². The molecular weight excluding hydrogens is 258 g/mol. The summed E-state index contributed by atoms with van der Waals surface area (Å²) >= 11 is 0. The number of likely N-dealkylation sites (N-methyl/N-ethyl adjacent to an activating group) is 1. The molecule has 0 N–H and O–H groups in total. The van der Waals surface area contributed by atoms with Crippen molar-refractivity contribution in [2.24, 2.45) is 0 Å². The second kappa shape index (κ2) is 4.36. The van der Waals surface area contributed by atoms with Gasteiger partial charge < -0.3 is 4.90 Å². The normalized spacial score (nSPS) is 22.7. The highest BCUT2D eigenvalue weighted by Crippen LogP contribution is 2.18. The third-order valence-electron chi connectivity index (χ3n) is 3.16. The smallest absolute Gasteiger partial charge is 0.276 e. The van der Waals surface area contributed by atoms with Crippen LogP contribution in [0.25, 0.3) is 0 Å². The molecule has 100 valence electrons. The molecule has 0 bridgehead atoms. The minimum absolute atomic E-state index is 0.326. The van der Waals surface area contributed by atoms with Crippen molar-refractivity contribution >= 4 is 21.8 Å². The van der Waals surface area contributed by atoms with E-state index in [-0.39, 0.29) is 11.8 Å². The van der Waals surface area contributed by atoms with Gasteiger partial charge in [-0.15, -0.1) is 0 Å². The van der Waals surface area contributed by atoms with E-state index in [1.807, 2.05) is 0 Å². The Bertz CT molecular complexity index is 517. The lowest BCUT2D eigenvalue weighted by Gasteiger charge is -2.34. The highest BCUT2D eigenvalue weighted by molar-refractivity contribution is 7.88. The number of hydrogen-bond acceptors (Lipinski definition) is 5. The molecule has 0 unspecified atom stereocenters. The molecule has 8 heteroatoms. The zero-order chi connectivity index (χ0) is 13.5. The van der Waals surface area contributed by atoms with E-state index in [0.29, 0.717) is 31.9 Å². The van der Waals surface area contributed by atoms with Crippen LogP contribution >= 0.6 is 0 Å². The molecule has 7 nitrogen and oxygen atoms in total. The van der Waals surface area contributed by atoms with Gasteiger partial charge in [-0.25, -0.2) is 8.42 Å². The molecule has 0 aromatic carbocycles. The first-order valence-corrected chi connectivity index (χ1v) is 7.39. The molecule has 0 aliphatic carbocycles. The quantitative estimate of drug-likeness (QED) is 0.569. The van der Waals surface area contributed by atoms with Crippen LogP contribution in [0.4, 0.5) is 0 Å². The first-order chi connectivity index (χ1) is 8.30. The lowest BCUT2D eigenvalue weighted by molar-refractivity contribution is -0.136. The molecule has 0 radical (unpaired) electrons. The van der Waals surface area contributed by atoms with Gasteiger partial charge in [0.2, 0.25) is 10.0 Å². The van der Waals surface area contributed by atoms with Crippen molar-refractivity contribution in [2.75, 3.05) is 39.5 Å². The number of nitrogens with zero attached hydrogens (tertiary/aromatic N) is 3. The minimum atomic E-state index is -3.18. The number of carbonyl (C=O) groups excluding carboxylic acids is 2. The Morgan fingerprint density at radius 3 is 2.06 bits per heavy atom. The number of sulfonamides is 1. The van der Waals surface area contributed by atoms with Gasteiger partial charge in [-0.3, -0.25) is 14.5 Å². The van der Waals surface area contributed by atoms with Gasteiger partial charge >= 0.3 is 0 Å². The van der Waals surface area contributed by atoms with E-state index < -0.39 is 10.0 Å². The van der Waals surface area contributed by atoms with E-state index in [0.717, 1.165) is 4.90 Å². The minimum Gasteiger partial charge on any atom is -0.364 e. The molecule has 0 atom stereocenters. The van der Waals surface area contributed by atoms with Gasteiger partial charge in [-0.1, -0.05) is 0 Å². The van der Waals surface area contributed by atoms with Crippen molar-refractivity contribution in [2.45, 2.75) is 0 Å². The van der Waals surface area contributed by atoms with Crippen LogP contribution in [0.5, 0.6) is 0 Å². The van der Waals surface area contributed by atoms with Crippen LogP contribution in [0.15, 0.2) is 11.8 Å². The summed E-state index contributed by atoms with van der Waals surface area (Å²) in [5.41, 5.74) is 0.357. The van der Waals surface area contributed by atoms with Crippen molar-refractivity contribution in [3.63, 3.8) is 0 Å². The lowest BCUT2D eigenvalue weighted by Crippen LogP contribution is -2.48. The lowest BCUT2D eigenvalue weighted by atomic mass is 10.3. The van der Waals surface area contributed by atoms with E-state index in [2.05, 4.69) is 0 Å². The van der Waals surface area contributed by atoms with E-state index in [1.54, 1.807) is 4.90 Å². The second-order valence-electron chi connectivity index (χ2n) is 4.38. The molecule has 0 spiro atoms. The van der Waals surface area contributed by atoms with Gasteiger partial charge in [0, 0.05) is 39.3 Å². The van der Waals surface area contributed by atoms with Crippen molar-refractivity contribution in [3.05, 3.63) is 11.8 Å². The summed E-state index contributed by atoms with van der Waals surface area (Å²) in [4.78, 5) is 25.9. The van der Waals surface area contributed by atoms with E-state index in [1.165, 1.54) is 23.7 Å². The monoisotopic (exact) mass is 273 g/mol. The van der Waals surface area contributed by atoms with Crippen LogP contribution in [0.2, 0.25) is 0 Å². The van der Waals surface area contributed by atoms with E-state index in [9.17, 15) is 18.0 Å². The van der Waals surface area contributed by atoms with Crippen molar-refractivity contribution in [1.82, 2.24) is 14.1 Å². The van der Waals surface area contributed by atoms with Crippen LogP contribution in [-0.4, -0.2) is 73.8 Å². The van der Waals surface area contributed by atoms with Gasteiger partial charge in [0.05, 0.1) is 6.26 Å². The van der Waals surface area contributed by atoms with Crippen LogP contribution < -0.4 is 0 Å². The standard InChI is InChI=1S/C10H15N3O4S/c1-11-9(14)7-8(10(11)15)12-3-5-13(6-4-12)18(2,16)17/h7H,3-6H2,1-2H3. The molecule has 2 heterocycles. The van der Waals surface area contributed by atoms with Crippen LogP contribution in [0, 0.1) is 0 Å². The Labute approximate surface area is 106 Å². The Morgan fingerprint density at radius 1 is 1.11 bits per heavy atom. The highest BCUT2D eigenvalue weighted by Gasteiger charge is 2.33. The van der Waals surface area contributed by atoms with Gasteiger partial charge in [0.25, 0.3) is 11.8 Å². The fourth-order valence-corrected chi connectivity index (χ4v) is 2.86. The van der Waals surface area contributed by atoms with Gasteiger partial charge in [-0.2, -0.15) is 4.31 Å². The summed E-state index contributed by atoms with van der Waals surface area (Å²) in [6, 6.07) is 0. The predicted molar refractivity (Wildman–Crippen MR) is 63.8 cm³/mol. The third kappa shape index (κ3) is 2.25. The summed E-state index contributed by atoms with van der Waals surface area (Å²) in [5, 5.41) is 0. The molecule has 0 aromatic heterocycles. The second-order valence-corrected chi connectivity index (χ2v) is 6.36. The predicted octanol–water partition coefficient (Wildman–Crippen LogP) is -1.55. The Morgan fingerprint density at radius 2 is 1.67 bits per heavy atom. The highest BCUT2D eigenvalue weighted by atomic mass is 32.2. The Hall–Kier alpha value is -1.41. The molecule has 0 saturated carbocycles. The summed E-state index contributed by atoms with van der Waals surface area (Å²) in [5.74, 6) is -0.659. The number of imide groups is 1. The average molecular weight is 273 g/mol. The summed E-state index contributed by atoms with van der Waals surface area (Å²) < 4.78 is 24.1. The van der Waals surface area contributed by atoms with Gasteiger partial charge in [0.1, 0.15) is 5.70 Å². The number of hydrogen-bond donors (Lipinski definition) is 0. The molecule has 2 rings (SSSR count). The Kier molecular flexibility index (Phi) is 3.16. The number of rotatable bonds is 2. The van der Waals surface area contributed by atoms with Crippen LogP contribution in [-0.2, 0) is 19.6 Å². The molecule has 18 heavy (non-hydrogen) atoms. The SMILES string of the molecule is CN1C(=O)C=C(N2CCN(S(C)(=O)=O)CC2)C1=O. The van der Waals surface area contributed by atoms with Crippen molar-refractivity contribution in [3.8, 4) is 0 Å². The topological polar surface area (TPSA) is 78.0 Å². The van der Waals surface area contributed by atoms with Gasteiger partial charge in [-0.05, 0) is 0 Å². The molecule has 1 saturated heterocycles. The molecule has 1 fully saturated rings. The molecule has 2 aliphatic heterocycles. The molecule has 2 aliphatic rings. The fraction of sp³-hybridized carbons (Fsp3) is 0.600. The number of piperazine rings is 1. The third-order valence-corrected chi connectivity index (χ3v) is 4.47. The zero-order valence-corrected chi connectivity index (χ0v) is 11.1. The maximum atomic E-state index is 11.8. The van der Waals surface area contributed by atoms with E-state index >= 15 is 0 Å². The summed E-state index contributed by atoms with van der Waals surface area (Å²) in [6.07, 6.45) is 2.47. The number of carbonyl (C=O) groups is 2. The summed E-state index contributed by atoms with van der Waals surface area (Å²) in [7, 11) is -1.75. The molecule has 2 amide bonds. The maximum absolute atomic E-state index is 11.8. The first kappa shape index (κ1) is 13.0. The largest absolute Gasteiger partial charge is 0.364 e. The zero-order valence-electron chi connectivity index (χ0n) is 10.3. The Balaban J connectivity index is 2.06. The van der Waals surface area contributed by atoms with Crippen LogP contribution in [0.1, 0.15) is 0 Å².